The zero-order valence-electron chi connectivity index (χ0n) is 17.0. The first kappa shape index (κ1) is 19.3. The van der Waals surface area contributed by atoms with Gasteiger partial charge >= 0.3 is 0 Å². The number of hydrogen-bond acceptors (Lipinski definition) is 5. The molecule has 8 nitrogen and oxygen atoms in total. The average Bonchev–Trinajstić information content (AvgIpc) is 3.42. The first-order valence-electron chi connectivity index (χ1n) is 9.84. The third kappa shape index (κ3) is 4.22. The van der Waals surface area contributed by atoms with Gasteiger partial charge in [-0.05, 0) is 43.9 Å². The lowest BCUT2D eigenvalue weighted by Gasteiger charge is -2.10. The van der Waals surface area contributed by atoms with Crippen molar-refractivity contribution in [3.63, 3.8) is 0 Å². The van der Waals surface area contributed by atoms with Gasteiger partial charge in [0.1, 0.15) is 5.69 Å². The topological polar surface area (TPSA) is 97.7 Å². The van der Waals surface area contributed by atoms with Gasteiger partial charge < -0.3 is 10.1 Å². The molecule has 4 rings (SSSR count). The van der Waals surface area contributed by atoms with Crippen molar-refractivity contribution in [2.75, 3.05) is 12.4 Å². The van der Waals surface area contributed by atoms with E-state index in [1.54, 1.807) is 24.9 Å². The molecule has 3 heterocycles. The highest BCUT2D eigenvalue weighted by molar-refractivity contribution is 6.02. The number of amides is 1. The SMILES string of the molecule is COCc1cc(C(=O)Nc2cc([C@H]3CC[C@H](c4ccc(C)cn4)C3)[nH]n2)n(C)n1. The second-order valence-electron chi connectivity index (χ2n) is 7.71. The maximum absolute atomic E-state index is 12.6. The van der Waals surface area contributed by atoms with Crippen molar-refractivity contribution in [3.05, 3.63) is 58.8 Å². The molecule has 0 saturated heterocycles. The van der Waals surface area contributed by atoms with E-state index in [0.717, 1.165) is 30.7 Å². The van der Waals surface area contributed by atoms with E-state index in [1.807, 2.05) is 12.3 Å². The zero-order valence-corrected chi connectivity index (χ0v) is 17.0. The van der Waals surface area contributed by atoms with Crippen LogP contribution >= 0.6 is 0 Å². The Morgan fingerprint density at radius 1 is 1.31 bits per heavy atom. The summed E-state index contributed by atoms with van der Waals surface area (Å²) in [7, 11) is 3.34. The number of aromatic amines is 1. The van der Waals surface area contributed by atoms with E-state index >= 15 is 0 Å². The molecule has 29 heavy (non-hydrogen) atoms. The fraction of sp³-hybridized carbons (Fsp3) is 0.429. The third-order valence-electron chi connectivity index (χ3n) is 5.52. The van der Waals surface area contributed by atoms with E-state index in [0.29, 0.717) is 35.6 Å². The molecule has 8 heteroatoms. The fourth-order valence-electron chi connectivity index (χ4n) is 4.00. The number of carbonyl (C=O) groups is 1. The van der Waals surface area contributed by atoms with Crippen LogP contribution in [0, 0.1) is 6.92 Å². The monoisotopic (exact) mass is 394 g/mol. The highest BCUT2D eigenvalue weighted by atomic mass is 16.5. The van der Waals surface area contributed by atoms with Gasteiger partial charge in [0.05, 0.1) is 12.3 Å². The zero-order chi connectivity index (χ0) is 20.4. The van der Waals surface area contributed by atoms with Crippen LogP contribution in [0.3, 0.4) is 0 Å². The van der Waals surface area contributed by atoms with Crippen LogP contribution in [-0.4, -0.2) is 38.0 Å². The van der Waals surface area contributed by atoms with Crippen LogP contribution in [0.4, 0.5) is 5.82 Å². The molecule has 0 bridgehead atoms. The summed E-state index contributed by atoms with van der Waals surface area (Å²) in [6.07, 6.45) is 5.16. The summed E-state index contributed by atoms with van der Waals surface area (Å²) in [6, 6.07) is 7.91. The first-order valence-corrected chi connectivity index (χ1v) is 9.84. The molecule has 0 unspecified atom stereocenters. The lowest BCUT2D eigenvalue weighted by molar-refractivity contribution is 0.101. The molecule has 1 aliphatic carbocycles. The molecule has 2 atom stereocenters. The summed E-state index contributed by atoms with van der Waals surface area (Å²) in [6.45, 7) is 2.42. The first-order chi connectivity index (χ1) is 14.0. The second-order valence-corrected chi connectivity index (χ2v) is 7.71. The number of hydrogen-bond donors (Lipinski definition) is 2. The van der Waals surface area contributed by atoms with Crippen molar-refractivity contribution in [3.8, 4) is 0 Å². The van der Waals surface area contributed by atoms with Crippen molar-refractivity contribution in [2.24, 2.45) is 7.05 Å². The molecule has 2 N–H and O–H groups in total. The lowest BCUT2D eigenvalue weighted by atomic mass is 9.99. The highest BCUT2D eigenvalue weighted by Crippen LogP contribution is 2.42. The van der Waals surface area contributed by atoms with Crippen molar-refractivity contribution < 1.29 is 9.53 Å². The van der Waals surface area contributed by atoms with Gasteiger partial charge in [-0.2, -0.15) is 10.2 Å². The number of pyridine rings is 1. The molecule has 0 aromatic carbocycles. The standard InChI is InChI=1S/C21H26N6O2/c1-13-4-7-17(22-11-13)14-5-6-15(8-14)18-10-20(25-24-18)23-21(28)19-9-16(12-29-3)26-27(19)2/h4,7,9-11,14-15H,5-6,8,12H2,1-3H3,(H2,23,24,25,28)/t14-,15-/m0/s1. The van der Waals surface area contributed by atoms with Crippen LogP contribution in [0.1, 0.15) is 64.2 Å². The number of carbonyl (C=O) groups excluding carboxylic acids is 1. The molecule has 3 aromatic rings. The van der Waals surface area contributed by atoms with Crippen LogP contribution in [-0.2, 0) is 18.4 Å². The number of rotatable bonds is 6. The van der Waals surface area contributed by atoms with Gasteiger partial charge in [0, 0.05) is 49.6 Å². The van der Waals surface area contributed by atoms with E-state index in [2.05, 4.69) is 44.7 Å². The summed E-state index contributed by atoms with van der Waals surface area (Å²) < 4.78 is 6.62. The van der Waals surface area contributed by atoms with E-state index < -0.39 is 0 Å². The van der Waals surface area contributed by atoms with Gasteiger partial charge in [0.25, 0.3) is 5.91 Å². The van der Waals surface area contributed by atoms with Crippen LogP contribution in [0.25, 0.3) is 0 Å². The molecular weight excluding hydrogens is 368 g/mol. The molecule has 1 fully saturated rings. The van der Waals surface area contributed by atoms with Crippen molar-refractivity contribution in [1.82, 2.24) is 25.0 Å². The van der Waals surface area contributed by atoms with E-state index in [-0.39, 0.29) is 5.91 Å². The molecule has 0 spiro atoms. The maximum Gasteiger partial charge on any atom is 0.275 e. The van der Waals surface area contributed by atoms with Gasteiger partial charge in [-0.3, -0.25) is 19.6 Å². The lowest BCUT2D eigenvalue weighted by Crippen LogP contribution is -2.16. The Morgan fingerprint density at radius 2 is 2.14 bits per heavy atom. The number of aryl methyl sites for hydroxylation is 2. The molecule has 3 aromatic heterocycles. The minimum absolute atomic E-state index is 0.242. The molecular formula is C21H26N6O2. The van der Waals surface area contributed by atoms with Crippen LogP contribution in [0.2, 0.25) is 0 Å². The Morgan fingerprint density at radius 3 is 2.90 bits per heavy atom. The largest absolute Gasteiger partial charge is 0.378 e. The minimum atomic E-state index is -0.242. The molecule has 0 aliphatic heterocycles. The molecule has 1 saturated carbocycles. The minimum Gasteiger partial charge on any atom is -0.378 e. The van der Waals surface area contributed by atoms with E-state index in [1.165, 1.54) is 5.56 Å². The number of anilines is 1. The van der Waals surface area contributed by atoms with Crippen LogP contribution < -0.4 is 5.32 Å². The Balaban J connectivity index is 1.40. The smallest absolute Gasteiger partial charge is 0.275 e. The Bertz CT molecular complexity index is 991. The van der Waals surface area contributed by atoms with Crippen molar-refractivity contribution in [2.45, 2.75) is 44.6 Å². The van der Waals surface area contributed by atoms with Gasteiger partial charge in [0.15, 0.2) is 5.82 Å². The molecule has 152 valence electrons. The average molecular weight is 394 g/mol. The maximum atomic E-state index is 12.6. The normalized spacial score (nSPS) is 18.9. The summed E-state index contributed by atoms with van der Waals surface area (Å²) in [5.41, 5.74) is 4.58. The van der Waals surface area contributed by atoms with Crippen molar-refractivity contribution >= 4 is 11.7 Å². The van der Waals surface area contributed by atoms with Crippen LogP contribution in [0.5, 0.6) is 0 Å². The van der Waals surface area contributed by atoms with Gasteiger partial charge in [0.2, 0.25) is 0 Å². The molecule has 1 aliphatic rings. The number of aromatic nitrogens is 5. The van der Waals surface area contributed by atoms with Crippen LogP contribution in [0.15, 0.2) is 30.5 Å². The molecule has 0 radical (unpaired) electrons. The predicted octanol–water partition coefficient (Wildman–Crippen LogP) is 3.30. The molecule has 1 amide bonds. The van der Waals surface area contributed by atoms with Crippen molar-refractivity contribution in [1.29, 1.82) is 0 Å². The Kier molecular flexibility index (Phi) is 5.44. The number of H-pyrrole nitrogens is 1. The number of ether oxygens (including phenoxy) is 1. The summed E-state index contributed by atoms with van der Waals surface area (Å²) in [5, 5.41) is 14.5. The van der Waals surface area contributed by atoms with E-state index in [9.17, 15) is 4.79 Å². The highest BCUT2D eigenvalue weighted by Gasteiger charge is 2.29. The predicted molar refractivity (Wildman–Crippen MR) is 109 cm³/mol. The summed E-state index contributed by atoms with van der Waals surface area (Å²) in [5.74, 6) is 1.15. The van der Waals surface area contributed by atoms with Gasteiger partial charge in [-0.25, -0.2) is 0 Å². The Hall–Kier alpha value is -3.00. The number of nitrogens with zero attached hydrogens (tertiary/aromatic N) is 4. The number of nitrogens with one attached hydrogen (secondary N) is 2. The van der Waals surface area contributed by atoms with E-state index in [4.69, 9.17) is 4.74 Å². The number of methoxy groups -OCH3 is 1. The third-order valence-corrected chi connectivity index (χ3v) is 5.52. The van der Waals surface area contributed by atoms with Gasteiger partial charge in [-0.15, -0.1) is 0 Å². The second kappa shape index (κ2) is 8.16. The van der Waals surface area contributed by atoms with Gasteiger partial charge in [-0.1, -0.05) is 6.07 Å². The Labute approximate surface area is 169 Å². The summed E-state index contributed by atoms with van der Waals surface area (Å²) in [4.78, 5) is 17.2. The quantitative estimate of drug-likeness (QED) is 0.668. The fourth-order valence-corrected chi connectivity index (χ4v) is 4.00. The summed E-state index contributed by atoms with van der Waals surface area (Å²) >= 11 is 0.